The molecule has 0 saturated carbocycles. The number of aryl methyl sites for hydroxylation is 3. The van der Waals surface area contributed by atoms with Crippen molar-refractivity contribution in [2.75, 3.05) is 0 Å². The molecule has 0 fully saturated rings. The topological polar surface area (TPSA) is 43.6 Å². The molecule has 0 aliphatic rings. The van der Waals surface area contributed by atoms with E-state index in [1.807, 2.05) is 18.7 Å². The van der Waals surface area contributed by atoms with Crippen LogP contribution in [0.5, 0.6) is 0 Å². The van der Waals surface area contributed by atoms with Gasteiger partial charge in [0.25, 0.3) is 0 Å². The Balaban J connectivity index is 2.11. The minimum atomic E-state index is 0.843. The largest absolute Gasteiger partial charge is 0.270 e. The molecule has 0 aromatic carbocycles. The lowest BCUT2D eigenvalue weighted by Gasteiger charge is -2.00. The van der Waals surface area contributed by atoms with E-state index in [-0.39, 0.29) is 0 Å². The van der Waals surface area contributed by atoms with Crippen LogP contribution >= 0.6 is 39.2 Å². The molecule has 0 bridgehead atoms. The van der Waals surface area contributed by atoms with Crippen LogP contribution in [-0.4, -0.2) is 19.1 Å². The Morgan fingerprint density at radius 1 is 1.47 bits per heavy atom. The van der Waals surface area contributed by atoms with Crippen LogP contribution in [0.15, 0.2) is 8.81 Å². The molecule has 0 radical (unpaired) electrons. The number of nitrogens with zero attached hydrogens (tertiary/aromatic N) is 4. The first-order valence-corrected chi connectivity index (χ1v) is 7.80. The molecule has 0 spiro atoms. The number of rotatable bonds is 4. The Kier molecular flexibility index (Phi) is 4.22. The van der Waals surface area contributed by atoms with Gasteiger partial charge in [-0.05, 0) is 40.8 Å². The van der Waals surface area contributed by atoms with Gasteiger partial charge in [0.2, 0.25) is 0 Å². The van der Waals surface area contributed by atoms with Crippen LogP contribution in [0.1, 0.15) is 24.1 Å². The fourth-order valence-electron chi connectivity index (χ4n) is 1.44. The van der Waals surface area contributed by atoms with Gasteiger partial charge in [-0.1, -0.05) is 18.7 Å². The summed E-state index contributed by atoms with van der Waals surface area (Å²) in [6, 6.07) is 0. The molecule has 17 heavy (non-hydrogen) atoms. The van der Waals surface area contributed by atoms with E-state index < -0.39 is 0 Å². The molecule has 2 aromatic heterocycles. The van der Waals surface area contributed by atoms with Crippen molar-refractivity contribution >= 4 is 39.2 Å². The van der Waals surface area contributed by atoms with Crippen LogP contribution in [0.25, 0.3) is 0 Å². The highest BCUT2D eigenvalue weighted by atomic mass is 79.9. The highest BCUT2D eigenvalue weighted by Crippen LogP contribution is 2.29. The summed E-state index contributed by atoms with van der Waals surface area (Å²) in [6.45, 7) is 4.02. The van der Waals surface area contributed by atoms with Gasteiger partial charge in [-0.2, -0.15) is 9.47 Å². The Bertz CT molecular complexity index is 520. The highest BCUT2D eigenvalue weighted by Gasteiger charge is 2.13. The summed E-state index contributed by atoms with van der Waals surface area (Å²) in [5, 5.41) is 4.47. The van der Waals surface area contributed by atoms with Gasteiger partial charge in [0, 0.05) is 12.8 Å². The van der Waals surface area contributed by atoms with Crippen LogP contribution in [0.2, 0.25) is 0 Å². The van der Waals surface area contributed by atoms with Crippen LogP contribution < -0.4 is 0 Å². The molecule has 0 unspecified atom stereocenters. The SMILES string of the molecule is CCc1nn(C)c(CSc2nc(C)ns2)c1Br. The zero-order valence-electron chi connectivity index (χ0n) is 9.90. The average molecular weight is 333 g/mol. The second kappa shape index (κ2) is 5.49. The van der Waals surface area contributed by atoms with Gasteiger partial charge < -0.3 is 0 Å². The molecule has 2 heterocycles. The van der Waals surface area contributed by atoms with Crippen molar-refractivity contribution in [2.45, 2.75) is 30.4 Å². The van der Waals surface area contributed by atoms with Gasteiger partial charge in [-0.25, -0.2) is 4.98 Å². The monoisotopic (exact) mass is 332 g/mol. The summed E-state index contributed by atoms with van der Waals surface area (Å²) >= 11 is 6.76. The normalized spacial score (nSPS) is 11.1. The van der Waals surface area contributed by atoms with Crippen LogP contribution in [0, 0.1) is 6.92 Å². The predicted molar refractivity (Wildman–Crippen MR) is 74.5 cm³/mol. The van der Waals surface area contributed by atoms with Crippen molar-refractivity contribution in [3.05, 3.63) is 21.7 Å². The molecule has 0 amide bonds. The molecule has 4 nitrogen and oxygen atoms in total. The quantitative estimate of drug-likeness (QED) is 0.806. The first-order valence-electron chi connectivity index (χ1n) is 5.25. The van der Waals surface area contributed by atoms with Crippen molar-refractivity contribution in [3.63, 3.8) is 0 Å². The fourth-order valence-corrected chi connectivity index (χ4v) is 4.10. The molecular weight excluding hydrogens is 320 g/mol. The third-order valence-corrected chi connectivity index (χ3v) is 5.20. The Morgan fingerprint density at radius 2 is 2.24 bits per heavy atom. The second-order valence-corrected chi connectivity index (χ2v) is 6.35. The first-order chi connectivity index (χ1) is 8.11. The molecule has 0 aliphatic carbocycles. The number of aromatic nitrogens is 4. The third kappa shape index (κ3) is 2.89. The molecule has 2 rings (SSSR count). The van der Waals surface area contributed by atoms with Gasteiger partial charge in [-0.15, -0.1) is 0 Å². The standard InChI is InChI=1S/C10H13BrN4S2/c1-4-7-9(11)8(15(3)13-7)5-16-10-12-6(2)14-17-10/h4-5H2,1-3H3. The van der Waals surface area contributed by atoms with Gasteiger partial charge >= 0.3 is 0 Å². The van der Waals surface area contributed by atoms with Crippen molar-refractivity contribution in [3.8, 4) is 0 Å². The Morgan fingerprint density at radius 3 is 2.76 bits per heavy atom. The summed E-state index contributed by atoms with van der Waals surface area (Å²) in [4.78, 5) is 4.34. The smallest absolute Gasteiger partial charge is 0.170 e. The van der Waals surface area contributed by atoms with E-state index >= 15 is 0 Å². The van der Waals surface area contributed by atoms with E-state index in [4.69, 9.17) is 0 Å². The summed E-state index contributed by atoms with van der Waals surface area (Å²) < 4.78 is 8.23. The van der Waals surface area contributed by atoms with Crippen molar-refractivity contribution < 1.29 is 0 Å². The Hall–Kier alpha value is -0.400. The van der Waals surface area contributed by atoms with Crippen molar-refractivity contribution in [2.24, 2.45) is 7.05 Å². The summed E-state index contributed by atoms with van der Waals surface area (Å²) in [6.07, 6.45) is 0.941. The molecule has 0 N–H and O–H groups in total. The molecule has 0 aliphatic heterocycles. The van der Waals surface area contributed by atoms with Gasteiger partial charge in [0.1, 0.15) is 5.82 Å². The van der Waals surface area contributed by atoms with E-state index in [2.05, 4.69) is 37.3 Å². The third-order valence-electron chi connectivity index (χ3n) is 2.34. The molecular formula is C10H13BrN4S2. The van der Waals surface area contributed by atoms with E-state index in [1.165, 1.54) is 17.2 Å². The van der Waals surface area contributed by atoms with E-state index in [1.54, 1.807) is 11.8 Å². The molecule has 0 saturated heterocycles. The first kappa shape index (κ1) is 13.0. The van der Waals surface area contributed by atoms with Crippen LogP contribution in [0.4, 0.5) is 0 Å². The summed E-state index contributed by atoms with van der Waals surface area (Å²) in [5.74, 6) is 1.70. The van der Waals surface area contributed by atoms with Gasteiger partial charge in [-0.3, -0.25) is 4.68 Å². The summed E-state index contributed by atoms with van der Waals surface area (Å²) in [5.41, 5.74) is 2.30. The highest BCUT2D eigenvalue weighted by molar-refractivity contribution is 9.10. The second-order valence-electron chi connectivity index (χ2n) is 3.58. The van der Waals surface area contributed by atoms with E-state index in [0.717, 1.165) is 32.5 Å². The lowest BCUT2D eigenvalue weighted by atomic mass is 10.3. The maximum absolute atomic E-state index is 4.47. The maximum Gasteiger partial charge on any atom is 0.170 e. The lowest BCUT2D eigenvalue weighted by molar-refractivity contribution is 0.719. The van der Waals surface area contributed by atoms with E-state index in [0.29, 0.717) is 0 Å². The van der Waals surface area contributed by atoms with Crippen molar-refractivity contribution in [1.82, 2.24) is 19.1 Å². The fraction of sp³-hybridized carbons (Fsp3) is 0.500. The molecule has 92 valence electrons. The Labute approximate surface area is 117 Å². The predicted octanol–water partition coefficient (Wildman–Crippen LogP) is 3.20. The molecule has 7 heteroatoms. The minimum Gasteiger partial charge on any atom is -0.270 e. The van der Waals surface area contributed by atoms with Crippen LogP contribution in [-0.2, 0) is 19.2 Å². The number of thioether (sulfide) groups is 1. The van der Waals surface area contributed by atoms with Gasteiger partial charge in [0.15, 0.2) is 4.34 Å². The lowest BCUT2D eigenvalue weighted by Crippen LogP contribution is -1.96. The number of hydrogen-bond donors (Lipinski definition) is 0. The van der Waals surface area contributed by atoms with Gasteiger partial charge in [0.05, 0.1) is 15.9 Å². The number of halogens is 1. The zero-order chi connectivity index (χ0) is 12.4. The van der Waals surface area contributed by atoms with Crippen molar-refractivity contribution in [1.29, 1.82) is 0 Å². The average Bonchev–Trinajstić information content (AvgIpc) is 2.82. The number of hydrogen-bond acceptors (Lipinski definition) is 5. The van der Waals surface area contributed by atoms with Crippen LogP contribution in [0.3, 0.4) is 0 Å². The zero-order valence-corrected chi connectivity index (χ0v) is 13.1. The minimum absolute atomic E-state index is 0.843. The molecule has 2 aromatic rings. The summed E-state index contributed by atoms with van der Waals surface area (Å²) in [7, 11) is 1.98. The molecule has 0 atom stereocenters. The van der Waals surface area contributed by atoms with E-state index in [9.17, 15) is 0 Å². The maximum atomic E-state index is 4.47.